The smallest absolute Gasteiger partial charge is 0.252 e. The van der Waals surface area contributed by atoms with Crippen molar-refractivity contribution in [1.82, 2.24) is 20.2 Å². The SMILES string of the molecule is O=C(NC1CCCN(CC2CCCCC2)C1)c1ccccc1-c1ncc[nH]1. The maximum Gasteiger partial charge on any atom is 0.252 e. The minimum Gasteiger partial charge on any atom is -0.348 e. The van der Waals surface area contributed by atoms with Crippen molar-refractivity contribution in [3.8, 4) is 11.4 Å². The molecule has 4 rings (SSSR count). The lowest BCUT2D eigenvalue weighted by molar-refractivity contribution is 0.0890. The average Bonchev–Trinajstić information content (AvgIpc) is 3.24. The Morgan fingerprint density at radius 1 is 1.15 bits per heavy atom. The molecular weight excluding hydrogens is 336 g/mol. The highest BCUT2D eigenvalue weighted by Gasteiger charge is 2.25. The molecule has 0 bridgehead atoms. The molecule has 27 heavy (non-hydrogen) atoms. The number of carbonyl (C=O) groups excluding carboxylic acids is 1. The quantitative estimate of drug-likeness (QED) is 0.845. The normalized spacial score (nSPS) is 21.9. The number of H-pyrrole nitrogens is 1. The largest absolute Gasteiger partial charge is 0.348 e. The fourth-order valence-electron chi connectivity index (χ4n) is 4.64. The summed E-state index contributed by atoms with van der Waals surface area (Å²) < 4.78 is 0. The van der Waals surface area contributed by atoms with Crippen LogP contribution in [0, 0.1) is 5.92 Å². The number of hydrogen-bond acceptors (Lipinski definition) is 3. The molecule has 1 saturated heterocycles. The molecule has 2 heterocycles. The van der Waals surface area contributed by atoms with E-state index in [9.17, 15) is 4.79 Å². The van der Waals surface area contributed by atoms with Crippen LogP contribution in [0.25, 0.3) is 11.4 Å². The first kappa shape index (κ1) is 18.2. The van der Waals surface area contributed by atoms with Crippen LogP contribution in [0.5, 0.6) is 0 Å². The van der Waals surface area contributed by atoms with Gasteiger partial charge in [-0.3, -0.25) is 4.79 Å². The second-order valence-corrected chi connectivity index (χ2v) is 8.06. The highest BCUT2D eigenvalue weighted by atomic mass is 16.1. The fraction of sp³-hybridized carbons (Fsp3) is 0.545. The van der Waals surface area contributed by atoms with E-state index in [1.54, 1.807) is 12.4 Å². The van der Waals surface area contributed by atoms with Gasteiger partial charge in [0.15, 0.2) is 0 Å². The summed E-state index contributed by atoms with van der Waals surface area (Å²) in [7, 11) is 0. The van der Waals surface area contributed by atoms with E-state index in [0.717, 1.165) is 36.7 Å². The van der Waals surface area contributed by atoms with E-state index in [1.165, 1.54) is 45.2 Å². The second-order valence-electron chi connectivity index (χ2n) is 8.06. The zero-order valence-electron chi connectivity index (χ0n) is 16.0. The van der Waals surface area contributed by atoms with Crippen molar-refractivity contribution in [2.24, 2.45) is 5.92 Å². The van der Waals surface area contributed by atoms with Gasteiger partial charge in [-0.25, -0.2) is 4.98 Å². The van der Waals surface area contributed by atoms with E-state index in [1.807, 2.05) is 24.3 Å². The lowest BCUT2D eigenvalue weighted by Crippen LogP contribution is -2.49. The van der Waals surface area contributed by atoms with E-state index < -0.39 is 0 Å². The van der Waals surface area contributed by atoms with Crippen molar-refractivity contribution >= 4 is 5.91 Å². The van der Waals surface area contributed by atoms with Crippen molar-refractivity contribution in [2.45, 2.75) is 51.0 Å². The molecule has 144 valence electrons. The van der Waals surface area contributed by atoms with Crippen LogP contribution < -0.4 is 5.32 Å². The van der Waals surface area contributed by atoms with Crippen LogP contribution in [0.4, 0.5) is 0 Å². The van der Waals surface area contributed by atoms with Gasteiger partial charge < -0.3 is 15.2 Å². The van der Waals surface area contributed by atoms with Crippen LogP contribution in [-0.4, -0.2) is 46.5 Å². The van der Waals surface area contributed by atoms with Crippen molar-refractivity contribution in [3.05, 3.63) is 42.2 Å². The number of piperidine rings is 1. The van der Waals surface area contributed by atoms with Crippen LogP contribution >= 0.6 is 0 Å². The Hall–Kier alpha value is -2.14. The van der Waals surface area contributed by atoms with E-state index in [2.05, 4.69) is 20.2 Å². The Kier molecular flexibility index (Phi) is 5.87. The number of amides is 1. The first-order valence-electron chi connectivity index (χ1n) is 10.4. The lowest BCUT2D eigenvalue weighted by atomic mass is 9.88. The number of aromatic nitrogens is 2. The molecule has 2 N–H and O–H groups in total. The second kappa shape index (κ2) is 8.70. The van der Waals surface area contributed by atoms with Crippen molar-refractivity contribution in [1.29, 1.82) is 0 Å². The molecule has 1 amide bonds. The summed E-state index contributed by atoms with van der Waals surface area (Å²) in [6.07, 6.45) is 12.7. The first-order valence-corrected chi connectivity index (χ1v) is 10.4. The predicted octanol–water partition coefficient (Wildman–Crippen LogP) is 3.85. The van der Waals surface area contributed by atoms with Crippen LogP contribution in [-0.2, 0) is 0 Å². The monoisotopic (exact) mass is 366 g/mol. The third kappa shape index (κ3) is 4.59. The van der Waals surface area contributed by atoms with Gasteiger partial charge in [-0.15, -0.1) is 0 Å². The number of rotatable bonds is 5. The molecule has 2 aliphatic rings. The molecule has 2 aromatic rings. The van der Waals surface area contributed by atoms with Crippen LogP contribution in [0.3, 0.4) is 0 Å². The first-order chi connectivity index (χ1) is 13.3. The fourth-order valence-corrected chi connectivity index (χ4v) is 4.64. The number of nitrogens with zero attached hydrogens (tertiary/aromatic N) is 2. The lowest BCUT2D eigenvalue weighted by Gasteiger charge is -2.36. The molecular formula is C22H30N4O. The topological polar surface area (TPSA) is 61.0 Å². The third-order valence-corrected chi connectivity index (χ3v) is 6.01. The van der Waals surface area contributed by atoms with Gasteiger partial charge in [0, 0.05) is 37.1 Å². The molecule has 1 aliphatic heterocycles. The zero-order chi connectivity index (χ0) is 18.5. The zero-order valence-corrected chi connectivity index (χ0v) is 16.0. The number of hydrogen-bond donors (Lipinski definition) is 2. The minimum absolute atomic E-state index is 0.00603. The average molecular weight is 367 g/mol. The molecule has 2 fully saturated rings. The maximum atomic E-state index is 13.0. The standard InChI is InChI=1S/C22H30N4O/c27-22(20-11-5-4-10-19(20)21-23-12-13-24-21)25-18-9-6-14-26(16-18)15-17-7-2-1-3-8-17/h4-5,10-13,17-18H,1-3,6-9,14-16H2,(H,23,24)(H,25,27). The van der Waals surface area contributed by atoms with Gasteiger partial charge in [0.05, 0.1) is 5.56 Å². The number of carbonyl (C=O) groups is 1. The predicted molar refractivity (Wildman–Crippen MR) is 108 cm³/mol. The molecule has 0 radical (unpaired) electrons. The van der Waals surface area contributed by atoms with E-state index >= 15 is 0 Å². The van der Waals surface area contributed by atoms with Gasteiger partial charge in [-0.2, -0.15) is 0 Å². The minimum atomic E-state index is 0.00603. The van der Waals surface area contributed by atoms with Crippen molar-refractivity contribution in [2.75, 3.05) is 19.6 Å². The number of aromatic amines is 1. The molecule has 1 atom stereocenters. The summed E-state index contributed by atoms with van der Waals surface area (Å²) in [5.41, 5.74) is 1.55. The summed E-state index contributed by atoms with van der Waals surface area (Å²) in [5.74, 6) is 1.60. The molecule has 1 aromatic carbocycles. The van der Waals surface area contributed by atoms with E-state index in [4.69, 9.17) is 0 Å². The maximum absolute atomic E-state index is 13.0. The Bertz CT molecular complexity index is 737. The number of nitrogens with one attached hydrogen (secondary N) is 2. The molecule has 1 aromatic heterocycles. The summed E-state index contributed by atoms with van der Waals surface area (Å²) in [6, 6.07) is 7.93. The molecule has 1 unspecified atom stereocenters. The molecule has 1 aliphatic carbocycles. The van der Waals surface area contributed by atoms with Crippen LogP contribution in [0.1, 0.15) is 55.3 Å². The number of benzene rings is 1. The van der Waals surface area contributed by atoms with Crippen LogP contribution in [0.15, 0.2) is 36.7 Å². The third-order valence-electron chi connectivity index (χ3n) is 6.01. The summed E-state index contributed by atoms with van der Waals surface area (Å²) >= 11 is 0. The molecule has 5 nitrogen and oxygen atoms in total. The Balaban J connectivity index is 1.38. The molecule has 0 spiro atoms. The van der Waals surface area contributed by atoms with Gasteiger partial charge >= 0.3 is 0 Å². The van der Waals surface area contributed by atoms with Gasteiger partial charge in [-0.1, -0.05) is 37.5 Å². The van der Waals surface area contributed by atoms with Crippen molar-refractivity contribution < 1.29 is 4.79 Å². The highest BCUT2D eigenvalue weighted by molar-refractivity contribution is 6.00. The van der Waals surface area contributed by atoms with Gasteiger partial charge in [0.25, 0.3) is 5.91 Å². The number of likely N-dealkylation sites (tertiary alicyclic amines) is 1. The van der Waals surface area contributed by atoms with Gasteiger partial charge in [-0.05, 0) is 44.2 Å². The highest BCUT2D eigenvalue weighted by Crippen LogP contribution is 2.26. The molecule has 1 saturated carbocycles. The van der Waals surface area contributed by atoms with E-state index in [-0.39, 0.29) is 11.9 Å². The van der Waals surface area contributed by atoms with Gasteiger partial charge in [0.2, 0.25) is 0 Å². The van der Waals surface area contributed by atoms with Crippen LogP contribution in [0.2, 0.25) is 0 Å². The molecule has 5 heteroatoms. The summed E-state index contributed by atoms with van der Waals surface area (Å²) in [5, 5.41) is 3.28. The summed E-state index contributed by atoms with van der Waals surface area (Å²) in [6.45, 7) is 3.35. The van der Waals surface area contributed by atoms with Gasteiger partial charge in [0.1, 0.15) is 5.82 Å². The van der Waals surface area contributed by atoms with E-state index in [0.29, 0.717) is 5.56 Å². The van der Waals surface area contributed by atoms with Crippen molar-refractivity contribution in [3.63, 3.8) is 0 Å². The number of imidazole rings is 1. The Morgan fingerprint density at radius 2 is 2.00 bits per heavy atom. The Morgan fingerprint density at radius 3 is 2.81 bits per heavy atom. The summed E-state index contributed by atoms with van der Waals surface area (Å²) in [4.78, 5) is 22.9. The Labute approximate surface area is 161 Å².